The first-order chi connectivity index (χ1) is 8.72. The first-order valence-corrected chi connectivity index (χ1v) is 6.86. The van der Waals surface area contributed by atoms with Crippen molar-refractivity contribution in [3.8, 4) is 0 Å². The maximum Gasteiger partial charge on any atom is 0.241 e. The van der Waals surface area contributed by atoms with Crippen molar-refractivity contribution in [1.82, 2.24) is 9.74 Å². The SMILES string of the molecule is O=C1[C@@H](NCl)CCCCN1Cc1ccccc1Cl. The van der Waals surface area contributed by atoms with E-state index in [4.69, 9.17) is 23.4 Å². The zero-order valence-corrected chi connectivity index (χ0v) is 11.5. The number of carbonyl (C=O) groups excluding carboxylic acids is 1. The Balaban J connectivity index is 2.12. The highest BCUT2D eigenvalue weighted by molar-refractivity contribution is 6.31. The van der Waals surface area contributed by atoms with Gasteiger partial charge in [0.05, 0.1) is 0 Å². The molecule has 0 saturated carbocycles. The number of nitrogens with one attached hydrogen (secondary N) is 1. The summed E-state index contributed by atoms with van der Waals surface area (Å²) in [5.41, 5.74) is 0.975. The minimum Gasteiger partial charge on any atom is -0.337 e. The molecule has 0 aromatic heterocycles. The molecular weight excluding hydrogens is 271 g/mol. The molecule has 1 aliphatic rings. The van der Waals surface area contributed by atoms with Crippen molar-refractivity contribution in [2.75, 3.05) is 6.54 Å². The van der Waals surface area contributed by atoms with Gasteiger partial charge in [0.15, 0.2) is 0 Å². The first-order valence-electron chi connectivity index (χ1n) is 6.10. The molecule has 18 heavy (non-hydrogen) atoms. The van der Waals surface area contributed by atoms with Crippen molar-refractivity contribution in [3.63, 3.8) is 0 Å². The van der Waals surface area contributed by atoms with E-state index in [0.717, 1.165) is 31.4 Å². The number of carbonyl (C=O) groups is 1. The van der Waals surface area contributed by atoms with Gasteiger partial charge in [-0.1, -0.05) is 29.8 Å². The Morgan fingerprint density at radius 2 is 2.11 bits per heavy atom. The molecule has 1 aromatic carbocycles. The van der Waals surface area contributed by atoms with E-state index in [2.05, 4.69) is 4.84 Å². The van der Waals surface area contributed by atoms with Gasteiger partial charge in [0, 0.05) is 18.1 Å². The maximum atomic E-state index is 12.2. The predicted molar refractivity (Wildman–Crippen MR) is 73.5 cm³/mol. The molecule has 1 fully saturated rings. The summed E-state index contributed by atoms with van der Waals surface area (Å²) in [6, 6.07) is 7.33. The molecule has 1 atom stereocenters. The molecule has 1 saturated heterocycles. The third-order valence-corrected chi connectivity index (χ3v) is 3.86. The van der Waals surface area contributed by atoms with E-state index in [0.29, 0.717) is 11.6 Å². The van der Waals surface area contributed by atoms with Crippen LogP contribution < -0.4 is 4.84 Å². The molecule has 0 aliphatic carbocycles. The van der Waals surface area contributed by atoms with Gasteiger partial charge in [0.1, 0.15) is 6.04 Å². The molecule has 0 bridgehead atoms. The number of hydrogen-bond donors (Lipinski definition) is 1. The number of halogens is 2. The highest BCUT2D eigenvalue weighted by Crippen LogP contribution is 2.20. The zero-order chi connectivity index (χ0) is 13.0. The second kappa shape index (κ2) is 6.41. The molecule has 1 heterocycles. The van der Waals surface area contributed by atoms with Crippen molar-refractivity contribution in [1.29, 1.82) is 0 Å². The molecule has 3 nitrogen and oxygen atoms in total. The summed E-state index contributed by atoms with van der Waals surface area (Å²) in [6.45, 7) is 1.31. The molecule has 1 N–H and O–H groups in total. The average molecular weight is 287 g/mol. The van der Waals surface area contributed by atoms with E-state index in [9.17, 15) is 4.79 Å². The number of benzene rings is 1. The molecule has 0 unspecified atom stereocenters. The quantitative estimate of drug-likeness (QED) is 0.867. The Morgan fingerprint density at radius 1 is 1.33 bits per heavy atom. The zero-order valence-electron chi connectivity index (χ0n) is 10.0. The van der Waals surface area contributed by atoms with Crippen LogP contribution in [0.5, 0.6) is 0 Å². The third kappa shape index (κ3) is 3.16. The van der Waals surface area contributed by atoms with Crippen LogP contribution >= 0.6 is 23.4 Å². The summed E-state index contributed by atoms with van der Waals surface area (Å²) in [4.78, 5) is 16.6. The number of nitrogens with zero attached hydrogens (tertiary/aromatic N) is 1. The van der Waals surface area contributed by atoms with Gasteiger partial charge >= 0.3 is 0 Å². The van der Waals surface area contributed by atoms with E-state index in [1.807, 2.05) is 29.2 Å². The van der Waals surface area contributed by atoms with Crippen molar-refractivity contribution >= 4 is 29.3 Å². The molecular formula is C13H16Cl2N2O. The molecule has 2 rings (SSSR count). The molecule has 0 spiro atoms. The van der Waals surface area contributed by atoms with Crippen LogP contribution in [-0.2, 0) is 11.3 Å². The summed E-state index contributed by atoms with van der Waals surface area (Å²) in [6.07, 6.45) is 2.81. The molecule has 5 heteroatoms. The first kappa shape index (κ1) is 13.7. The lowest BCUT2D eigenvalue weighted by molar-refractivity contribution is -0.133. The van der Waals surface area contributed by atoms with Crippen molar-refractivity contribution < 1.29 is 4.79 Å². The molecule has 0 radical (unpaired) electrons. The van der Waals surface area contributed by atoms with Crippen LogP contribution in [0.1, 0.15) is 24.8 Å². The fourth-order valence-corrected chi connectivity index (χ4v) is 2.59. The van der Waals surface area contributed by atoms with Crippen LogP contribution in [0.3, 0.4) is 0 Å². The smallest absolute Gasteiger partial charge is 0.241 e. The van der Waals surface area contributed by atoms with E-state index >= 15 is 0 Å². The molecule has 98 valence electrons. The second-order valence-corrected chi connectivity index (χ2v) is 5.13. The highest BCUT2D eigenvalue weighted by Gasteiger charge is 2.26. The van der Waals surface area contributed by atoms with Gasteiger partial charge in [-0.2, -0.15) is 0 Å². The largest absolute Gasteiger partial charge is 0.337 e. The number of amides is 1. The maximum absolute atomic E-state index is 12.2. The standard InChI is InChI=1S/C13H16Cl2N2O/c14-11-6-2-1-5-10(11)9-17-8-4-3-7-12(16-15)13(17)18/h1-2,5-6,12,16H,3-4,7-9H2/t12-/m0/s1. The third-order valence-electron chi connectivity index (χ3n) is 3.23. The predicted octanol–water partition coefficient (Wildman–Crippen LogP) is 2.96. The van der Waals surface area contributed by atoms with Gasteiger partial charge < -0.3 is 4.90 Å². The van der Waals surface area contributed by atoms with E-state index in [1.165, 1.54) is 0 Å². The lowest BCUT2D eigenvalue weighted by Gasteiger charge is -2.24. The van der Waals surface area contributed by atoms with Crippen LogP contribution in [0.4, 0.5) is 0 Å². The Labute approximate surface area is 117 Å². The topological polar surface area (TPSA) is 32.3 Å². The summed E-state index contributed by atoms with van der Waals surface area (Å²) < 4.78 is 0. The van der Waals surface area contributed by atoms with Gasteiger partial charge in [0.25, 0.3) is 0 Å². The van der Waals surface area contributed by atoms with Gasteiger partial charge in [-0.15, -0.1) is 0 Å². The molecule has 1 aromatic rings. The number of hydrogen-bond acceptors (Lipinski definition) is 2. The molecule has 1 aliphatic heterocycles. The summed E-state index contributed by atoms with van der Waals surface area (Å²) in [7, 11) is 0. The van der Waals surface area contributed by atoms with Gasteiger partial charge in [0.2, 0.25) is 5.91 Å². The minimum atomic E-state index is -0.281. The van der Waals surface area contributed by atoms with Crippen LogP contribution in [0, 0.1) is 0 Å². The van der Waals surface area contributed by atoms with Crippen molar-refractivity contribution in [2.45, 2.75) is 31.8 Å². The summed E-state index contributed by atoms with van der Waals surface area (Å²) in [5, 5.41) is 0.699. The normalized spacial score (nSPS) is 20.9. The Bertz CT molecular complexity index is 425. The molecule has 1 amide bonds. The fourth-order valence-electron chi connectivity index (χ4n) is 2.20. The average Bonchev–Trinajstić information content (AvgIpc) is 2.55. The lowest BCUT2D eigenvalue weighted by atomic mass is 10.1. The van der Waals surface area contributed by atoms with Crippen molar-refractivity contribution in [2.24, 2.45) is 0 Å². The summed E-state index contributed by atoms with van der Waals surface area (Å²) in [5.74, 6) is 0.0578. The van der Waals surface area contributed by atoms with E-state index in [1.54, 1.807) is 0 Å². The Morgan fingerprint density at radius 3 is 2.83 bits per heavy atom. The van der Waals surface area contributed by atoms with E-state index < -0.39 is 0 Å². The highest BCUT2D eigenvalue weighted by atomic mass is 35.5. The number of rotatable bonds is 3. The van der Waals surface area contributed by atoms with E-state index in [-0.39, 0.29) is 11.9 Å². The van der Waals surface area contributed by atoms with Crippen molar-refractivity contribution in [3.05, 3.63) is 34.9 Å². The minimum absolute atomic E-state index is 0.0578. The number of likely N-dealkylation sites (tertiary alicyclic amines) is 1. The Kier molecular flexibility index (Phi) is 4.87. The van der Waals surface area contributed by atoms with Gasteiger partial charge in [-0.3, -0.25) is 4.79 Å². The Hall–Kier alpha value is -0.770. The summed E-state index contributed by atoms with van der Waals surface area (Å²) >= 11 is 11.7. The van der Waals surface area contributed by atoms with Crippen LogP contribution in [0.15, 0.2) is 24.3 Å². The van der Waals surface area contributed by atoms with Gasteiger partial charge in [-0.05, 0) is 42.7 Å². The van der Waals surface area contributed by atoms with Crippen LogP contribution in [0.2, 0.25) is 5.02 Å². The fraction of sp³-hybridized carbons (Fsp3) is 0.462. The van der Waals surface area contributed by atoms with Crippen LogP contribution in [-0.4, -0.2) is 23.4 Å². The van der Waals surface area contributed by atoms with Gasteiger partial charge in [-0.25, -0.2) is 4.84 Å². The van der Waals surface area contributed by atoms with Crippen LogP contribution in [0.25, 0.3) is 0 Å². The monoisotopic (exact) mass is 286 g/mol. The lowest BCUT2D eigenvalue weighted by Crippen LogP contribution is -2.42. The second-order valence-electron chi connectivity index (χ2n) is 4.51.